The number of aromatic amines is 1. The number of aromatic nitrogens is 5. The highest BCUT2D eigenvalue weighted by Crippen LogP contribution is 2.29. The third-order valence-corrected chi connectivity index (χ3v) is 5.32. The Balaban J connectivity index is 1.42. The van der Waals surface area contributed by atoms with Crippen molar-refractivity contribution in [3.05, 3.63) is 96.7 Å². The van der Waals surface area contributed by atoms with Gasteiger partial charge in [-0.15, -0.1) is 0 Å². The van der Waals surface area contributed by atoms with E-state index in [1.165, 1.54) is 6.33 Å². The molecule has 1 atom stereocenters. The third-order valence-electron chi connectivity index (χ3n) is 5.32. The van der Waals surface area contributed by atoms with Gasteiger partial charge in [-0.1, -0.05) is 42.5 Å². The fraction of sp³-hybridized carbons (Fsp3) is 0.120. The summed E-state index contributed by atoms with van der Waals surface area (Å²) in [5.74, 6) is 0.756. The Labute approximate surface area is 185 Å². The van der Waals surface area contributed by atoms with E-state index in [1.807, 2.05) is 77.7 Å². The zero-order valence-electron chi connectivity index (χ0n) is 17.2. The molecule has 156 valence electrons. The summed E-state index contributed by atoms with van der Waals surface area (Å²) in [6.45, 7) is 0.486. The van der Waals surface area contributed by atoms with Crippen LogP contribution in [0.15, 0.2) is 85.6 Å². The van der Waals surface area contributed by atoms with Crippen LogP contribution in [-0.2, 0) is 6.61 Å². The first kappa shape index (κ1) is 19.5. The number of fused-ring (bicyclic) bond motifs is 1. The molecule has 5 rings (SSSR count). The maximum absolute atomic E-state index is 9.47. The summed E-state index contributed by atoms with van der Waals surface area (Å²) in [6.07, 6.45) is 7.36. The van der Waals surface area contributed by atoms with Crippen LogP contribution < -0.4 is 4.74 Å². The lowest BCUT2D eigenvalue weighted by Crippen LogP contribution is -2.11. The fourth-order valence-electron chi connectivity index (χ4n) is 3.74. The highest BCUT2D eigenvalue weighted by atomic mass is 16.5. The molecule has 32 heavy (non-hydrogen) atoms. The highest BCUT2D eigenvalue weighted by Gasteiger charge is 2.17. The largest absolute Gasteiger partial charge is 0.489 e. The second kappa shape index (κ2) is 8.74. The van der Waals surface area contributed by atoms with Crippen molar-refractivity contribution < 1.29 is 4.74 Å². The number of benzene rings is 2. The van der Waals surface area contributed by atoms with Gasteiger partial charge in [0.2, 0.25) is 0 Å². The van der Waals surface area contributed by atoms with E-state index in [9.17, 15) is 5.26 Å². The normalized spacial score (nSPS) is 11.8. The average molecular weight is 420 g/mol. The number of nitrogens with zero attached hydrogens (tertiary/aromatic N) is 5. The van der Waals surface area contributed by atoms with Crippen molar-refractivity contribution in [2.75, 3.05) is 0 Å². The van der Waals surface area contributed by atoms with Crippen molar-refractivity contribution in [2.45, 2.75) is 19.1 Å². The molecule has 0 saturated carbocycles. The molecule has 3 aromatic heterocycles. The van der Waals surface area contributed by atoms with E-state index in [-0.39, 0.29) is 12.5 Å². The Morgan fingerprint density at radius 1 is 1.06 bits per heavy atom. The Morgan fingerprint density at radius 2 is 1.97 bits per heavy atom. The molecule has 0 aliphatic heterocycles. The van der Waals surface area contributed by atoms with Gasteiger partial charge in [0.05, 0.1) is 30.4 Å². The van der Waals surface area contributed by atoms with Crippen molar-refractivity contribution in [2.24, 2.45) is 0 Å². The van der Waals surface area contributed by atoms with Crippen LogP contribution in [0.2, 0.25) is 0 Å². The highest BCUT2D eigenvalue weighted by molar-refractivity contribution is 5.89. The van der Waals surface area contributed by atoms with Gasteiger partial charge in [0.1, 0.15) is 24.3 Å². The maximum atomic E-state index is 9.47. The zero-order valence-corrected chi connectivity index (χ0v) is 17.2. The van der Waals surface area contributed by atoms with Gasteiger partial charge >= 0.3 is 0 Å². The van der Waals surface area contributed by atoms with E-state index in [2.05, 4.69) is 26.1 Å². The number of hydrogen-bond donors (Lipinski definition) is 1. The van der Waals surface area contributed by atoms with Crippen LogP contribution in [0, 0.1) is 11.3 Å². The van der Waals surface area contributed by atoms with Crippen LogP contribution in [-0.4, -0.2) is 24.7 Å². The fourth-order valence-corrected chi connectivity index (χ4v) is 3.74. The minimum atomic E-state index is -0.238. The Morgan fingerprint density at radius 3 is 2.84 bits per heavy atom. The molecule has 7 nitrogen and oxygen atoms in total. The lowest BCUT2D eigenvalue weighted by Gasteiger charge is -2.16. The van der Waals surface area contributed by atoms with Crippen molar-refractivity contribution >= 4 is 11.0 Å². The summed E-state index contributed by atoms with van der Waals surface area (Å²) in [5, 5.41) is 15.0. The van der Waals surface area contributed by atoms with Crippen molar-refractivity contribution in [1.29, 1.82) is 5.26 Å². The first-order chi connectivity index (χ1) is 15.8. The van der Waals surface area contributed by atoms with Gasteiger partial charge < -0.3 is 9.72 Å². The minimum Gasteiger partial charge on any atom is -0.489 e. The molecule has 1 unspecified atom stereocenters. The number of nitriles is 1. The molecule has 3 heterocycles. The second-order valence-electron chi connectivity index (χ2n) is 7.40. The summed E-state index contributed by atoms with van der Waals surface area (Å²) < 4.78 is 7.79. The molecule has 7 heteroatoms. The van der Waals surface area contributed by atoms with Crippen LogP contribution in [0.5, 0.6) is 5.75 Å². The Bertz CT molecular complexity index is 1380. The van der Waals surface area contributed by atoms with Crippen LogP contribution in [0.1, 0.15) is 23.6 Å². The van der Waals surface area contributed by atoms with E-state index >= 15 is 0 Å². The van der Waals surface area contributed by atoms with Crippen LogP contribution in [0.4, 0.5) is 0 Å². The molecule has 0 fully saturated rings. The molecule has 0 aliphatic carbocycles. The van der Waals surface area contributed by atoms with Gasteiger partial charge in [0.15, 0.2) is 0 Å². The van der Waals surface area contributed by atoms with Gasteiger partial charge in [-0.2, -0.15) is 10.4 Å². The molecule has 0 spiro atoms. The first-order valence-corrected chi connectivity index (χ1v) is 10.3. The van der Waals surface area contributed by atoms with Gasteiger partial charge in [-0.25, -0.2) is 9.97 Å². The number of ether oxygens (including phenoxy) is 1. The lowest BCUT2D eigenvalue weighted by atomic mass is 10.0. The molecule has 0 radical (unpaired) electrons. The summed E-state index contributed by atoms with van der Waals surface area (Å²) in [5.41, 5.74) is 4.51. The molecule has 0 saturated heterocycles. The smallest absolute Gasteiger partial charge is 0.141 e. The second-order valence-corrected chi connectivity index (χ2v) is 7.40. The molecule has 0 bridgehead atoms. The SMILES string of the molecule is N#CCC(c1cccc(OCc2ccccc2)c1)n1cc(-c2ncnc3[nH]ccc23)cn1. The summed E-state index contributed by atoms with van der Waals surface area (Å²) in [4.78, 5) is 11.8. The Hall–Kier alpha value is -4.44. The van der Waals surface area contributed by atoms with E-state index in [0.29, 0.717) is 6.61 Å². The van der Waals surface area contributed by atoms with E-state index in [0.717, 1.165) is 39.2 Å². The summed E-state index contributed by atoms with van der Waals surface area (Å²) >= 11 is 0. The lowest BCUT2D eigenvalue weighted by molar-refractivity contribution is 0.305. The molecule has 2 aromatic carbocycles. The number of rotatable bonds is 7. The van der Waals surface area contributed by atoms with Gasteiger partial charge in [0.25, 0.3) is 0 Å². The van der Waals surface area contributed by atoms with Crippen LogP contribution in [0.25, 0.3) is 22.3 Å². The first-order valence-electron chi connectivity index (χ1n) is 10.3. The predicted octanol–water partition coefficient (Wildman–Crippen LogP) is 4.90. The number of hydrogen-bond acceptors (Lipinski definition) is 5. The van der Waals surface area contributed by atoms with Gasteiger partial charge in [0, 0.05) is 23.3 Å². The van der Waals surface area contributed by atoms with Crippen LogP contribution >= 0.6 is 0 Å². The summed E-state index contributed by atoms with van der Waals surface area (Å²) in [6, 6.07) is 21.9. The monoisotopic (exact) mass is 420 g/mol. The Kier molecular flexibility index (Phi) is 5.33. The molecule has 0 aliphatic rings. The molecule has 0 amide bonds. The number of nitrogens with one attached hydrogen (secondary N) is 1. The quantitative estimate of drug-likeness (QED) is 0.404. The van der Waals surface area contributed by atoms with E-state index in [4.69, 9.17) is 4.74 Å². The predicted molar refractivity (Wildman–Crippen MR) is 121 cm³/mol. The molecular weight excluding hydrogens is 400 g/mol. The van der Waals surface area contributed by atoms with Crippen molar-refractivity contribution in [1.82, 2.24) is 24.7 Å². The van der Waals surface area contributed by atoms with E-state index < -0.39 is 0 Å². The molecule has 1 N–H and O–H groups in total. The topological polar surface area (TPSA) is 92.4 Å². The minimum absolute atomic E-state index is 0.238. The summed E-state index contributed by atoms with van der Waals surface area (Å²) in [7, 11) is 0. The number of H-pyrrole nitrogens is 1. The standard InChI is InChI=1S/C25H20N6O/c26-11-9-23(19-7-4-8-21(13-19)32-16-18-5-2-1-3-6-18)31-15-20(14-30-31)24-22-10-12-27-25(22)29-17-28-24/h1-8,10,12-15,17,23H,9,16H2,(H,27,28,29). The zero-order chi connectivity index (χ0) is 21.8. The van der Waals surface area contributed by atoms with Crippen LogP contribution in [0.3, 0.4) is 0 Å². The third kappa shape index (κ3) is 3.94. The van der Waals surface area contributed by atoms with Crippen molar-refractivity contribution in [3.63, 3.8) is 0 Å². The van der Waals surface area contributed by atoms with Crippen molar-refractivity contribution in [3.8, 4) is 23.1 Å². The molecule has 5 aromatic rings. The van der Waals surface area contributed by atoms with Gasteiger partial charge in [-0.05, 0) is 29.3 Å². The maximum Gasteiger partial charge on any atom is 0.141 e. The molecular formula is C25H20N6O. The average Bonchev–Trinajstić information content (AvgIpc) is 3.52. The van der Waals surface area contributed by atoms with E-state index in [1.54, 1.807) is 6.20 Å². The van der Waals surface area contributed by atoms with Gasteiger partial charge in [-0.3, -0.25) is 4.68 Å².